The molecule has 3 heterocycles. The molecule has 110 valence electrons. The van der Waals surface area contributed by atoms with Gasteiger partial charge in [0.25, 0.3) is 0 Å². The number of aryl methyl sites for hydroxylation is 1. The van der Waals surface area contributed by atoms with Gasteiger partial charge >= 0.3 is 0 Å². The van der Waals surface area contributed by atoms with Crippen LogP contribution in [0.1, 0.15) is 10.6 Å². The summed E-state index contributed by atoms with van der Waals surface area (Å²) in [7, 11) is 0. The van der Waals surface area contributed by atoms with Crippen molar-refractivity contribution in [3.63, 3.8) is 0 Å². The molecule has 0 spiro atoms. The van der Waals surface area contributed by atoms with Crippen molar-refractivity contribution in [2.24, 2.45) is 5.92 Å². The summed E-state index contributed by atoms with van der Waals surface area (Å²) < 4.78 is 7.69. The van der Waals surface area contributed by atoms with Gasteiger partial charge in [-0.3, -0.25) is 0 Å². The monoisotopic (exact) mass is 302 g/mol. The van der Waals surface area contributed by atoms with Crippen molar-refractivity contribution >= 4 is 11.3 Å². The smallest absolute Gasteiger partial charge is 0.176 e. The van der Waals surface area contributed by atoms with Crippen LogP contribution in [0.4, 0.5) is 0 Å². The lowest BCUT2D eigenvalue weighted by molar-refractivity contribution is 0.211. The van der Waals surface area contributed by atoms with E-state index in [1.807, 2.05) is 35.9 Å². The SMILES string of the molecule is Cc1ccc(-c2nccn2C[C@H](CO)Cc2cccs2)o1. The van der Waals surface area contributed by atoms with E-state index in [0.29, 0.717) is 0 Å². The van der Waals surface area contributed by atoms with Crippen molar-refractivity contribution in [2.75, 3.05) is 6.61 Å². The molecule has 4 nitrogen and oxygen atoms in total. The minimum atomic E-state index is 0.159. The predicted molar refractivity (Wildman–Crippen MR) is 83.3 cm³/mol. The van der Waals surface area contributed by atoms with Crippen molar-refractivity contribution in [3.05, 3.63) is 52.7 Å². The highest BCUT2D eigenvalue weighted by Gasteiger charge is 2.15. The third-order valence-electron chi connectivity index (χ3n) is 3.46. The van der Waals surface area contributed by atoms with Gasteiger partial charge in [-0.2, -0.15) is 0 Å². The van der Waals surface area contributed by atoms with Crippen LogP contribution >= 0.6 is 11.3 Å². The molecule has 0 fully saturated rings. The molecule has 0 saturated heterocycles. The standard InChI is InChI=1S/C16H18N2O2S/c1-12-4-5-15(20-12)16-17-6-7-18(16)10-13(11-19)9-14-3-2-8-21-14/h2-8,13,19H,9-11H2,1H3/t13-/m1/s1. The molecule has 0 aliphatic heterocycles. The first-order valence-corrected chi connectivity index (χ1v) is 7.85. The Balaban J connectivity index is 1.76. The van der Waals surface area contributed by atoms with E-state index in [4.69, 9.17) is 4.42 Å². The summed E-state index contributed by atoms with van der Waals surface area (Å²) in [5, 5.41) is 11.7. The van der Waals surface area contributed by atoms with Gasteiger partial charge in [0, 0.05) is 36.3 Å². The second-order valence-electron chi connectivity index (χ2n) is 5.15. The number of aliphatic hydroxyl groups is 1. The Labute approximate surface area is 127 Å². The molecule has 0 bridgehead atoms. The topological polar surface area (TPSA) is 51.2 Å². The molecule has 0 aromatic carbocycles. The van der Waals surface area contributed by atoms with Crippen LogP contribution in [0.2, 0.25) is 0 Å². The van der Waals surface area contributed by atoms with E-state index in [9.17, 15) is 5.11 Å². The lowest BCUT2D eigenvalue weighted by Crippen LogP contribution is -2.17. The van der Waals surface area contributed by atoms with Crippen LogP contribution in [-0.4, -0.2) is 21.3 Å². The Morgan fingerprint density at radius 3 is 2.95 bits per heavy atom. The van der Waals surface area contributed by atoms with Gasteiger partial charge in [0.1, 0.15) is 5.76 Å². The van der Waals surface area contributed by atoms with Crippen LogP contribution in [0.5, 0.6) is 0 Å². The molecule has 1 N–H and O–H groups in total. The molecule has 0 saturated carbocycles. The fourth-order valence-electron chi connectivity index (χ4n) is 2.41. The van der Waals surface area contributed by atoms with E-state index in [2.05, 4.69) is 16.4 Å². The minimum absolute atomic E-state index is 0.159. The van der Waals surface area contributed by atoms with Crippen molar-refractivity contribution in [2.45, 2.75) is 19.9 Å². The number of imidazole rings is 1. The van der Waals surface area contributed by atoms with E-state index < -0.39 is 0 Å². The van der Waals surface area contributed by atoms with E-state index in [1.165, 1.54) is 4.88 Å². The first kappa shape index (κ1) is 14.1. The number of furan rings is 1. The molecule has 0 amide bonds. The van der Waals surface area contributed by atoms with Gasteiger partial charge in [0.2, 0.25) is 0 Å². The molecule has 3 aromatic rings. The number of hydrogen-bond donors (Lipinski definition) is 1. The number of rotatable bonds is 6. The van der Waals surface area contributed by atoms with Gasteiger partial charge in [-0.1, -0.05) is 6.07 Å². The lowest BCUT2D eigenvalue weighted by Gasteiger charge is -2.15. The molecular weight excluding hydrogens is 284 g/mol. The molecule has 3 rings (SSSR count). The summed E-state index contributed by atoms with van der Waals surface area (Å²) in [6, 6.07) is 8.02. The summed E-state index contributed by atoms with van der Waals surface area (Å²) >= 11 is 1.73. The van der Waals surface area contributed by atoms with E-state index >= 15 is 0 Å². The number of hydrogen-bond acceptors (Lipinski definition) is 4. The maximum Gasteiger partial charge on any atom is 0.176 e. The van der Waals surface area contributed by atoms with Crippen LogP contribution in [0, 0.1) is 12.8 Å². The van der Waals surface area contributed by atoms with E-state index in [0.717, 1.165) is 30.3 Å². The Kier molecular flexibility index (Phi) is 4.22. The summed E-state index contributed by atoms with van der Waals surface area (Å²) in [6.07, 6.45) is 4.58. The quantitative estimate of drug-likeness (QED) is 0.759. The van der Waals surface area contributed by atoms with Crippen molar-refractivity contribution in [1.82, 2.24) is 9.55 Å². The molecule has 1 atom stereocenters. The van der Waals surface area contributed by atoms with Crippen molar-refractivity contribution in [3.8, 4) is 11.6 Å². The van der Waals surface area contributed by atoms with Crippen LogP contribution in [0.25, 0.3) is 11.6 Å². The maximum absolute atomic E-state index is 9.64. The fraction of sp³-hybridized carbons (Fsp3) is 0.312. The van der Waals surface area contributed by atoms with Crippen LogP contribution < -0.4 is 0 Å². The van der Waals surface area contributed by atoms with Crippen molar-refractivity contribution < 1.29 is 9.52 Å². The maximum atomic E-state index is 9.64. The van der Waals surface area contributed by atoms with Gasteiger partial charge in [-0.05, 0) is 36.9 Å². The van der Waals surface area contributed by atoms with Gasteiger partial charge in [0.05, 0.1) is 0 Å². The second kappa shape index (κ2) is 6.28. The van der Waals surface area contributed by atoms with E-state index in [-0.39, 0.29) is 12.5 Å². The molecule has 0 aliphatic carbocycles. The van der Waals surface area contributed by atoms with Crippen LogP contribution in [0.3, 0.4) is 0 Å². The number of thiophene rings is 1. The largest absolute Gasteiger partial charge is 0.458 e. The van der Waals surface area contributed by atoms with Crippen LogP contribution in [0.15, 0.2) is 46.5 Å². The molecule has 3 aromatic heterocycles. The lowest BCUT2D eigenvalue weighted by atomic mass is 10.1. The number of aromatic nitrogens is 2. The summed E-state index contributed by atoms with van der Waals surface area (Å²) in [6.45, 7) is 2.81. The predicted octanol–water partition coefficient (Wildman–Crippen LogP) is 3.36. The first-order chi connectivity index (χ1) is 10.3. The normalized spacial score (nSPS) is 12.7. The molecule has 0 radical (unpaired) electrons. The Morgan fingerprint density at radius 2 is 2.29 bits per heavy atom. The molecule has 0 unspecified atom stereocenters. The highest BCUT2D eigenvalue weighted by atomic mass is 32.1. The summed E-state index contributed by atoms with van der Waals surface area (Å²) in [5.74, 6) is 2.63. The average Bonchev–Trinajstić information content (AvgIpc) is 3.19. The Morgan fingerprint density at radius 1 is 1.38 bits per heavy atom. The number of nitrogens with zero attached hydrogens (tertiary/aromatic N) is 2. The third-order valence-corrected chi connectivity index (χ3v) is 4.36. The second-order valence-corrected chi connectivity index (χ2v) is 6.18. The average molecular weight is 302 g/mol. The zero-order chi connectivity index (χ0) is 14.7. The zero-order valence-corrected chi connectivity index (χ0v) is 12.7. The van der Waals surface area contributed by atoms with Gasteiger partial charge < -0.3 is 14.1 Å². The first-order valence-electron chi connectivity index (χ1n) is 6.97. The van der Waals surface area contributed by atoms with Gasteiger partial charge in [-0.25, -0.2) is 4.98 Å². The molecule has 21 heavy (non-hydrogen) atoms. The third kappa shape index (κ3) is 3.25. The Bertz CT molecular complexity index is 685. The van der Waals surface area contributed by atoms with Crippen molar-refractivity contribution in [1.29, 1.82) is 0 Å². The summed E-state index contributed by atoms with van der Waals surface area (Å²) in [4.78, 5) is 5.67. The Hall–Kier alpha value is -1.85. The molecular formula is C16H18N2O2S. The minimum Gasteiger partial charge on any atom is -0.458 e. The number of aliphatic hydroxyl groups excluding tert-OH is 1. The highest BCUT2D eigenvalue weighted by Crippen LogP contribution is 2.22. The van der Waals surface area contributed by atoms with E-state index in [1.54, 1.807) is 17.5 Å². The fourth-order valence-corrected chi connectivity index (χ4v) is 3.24. The van der Waals surface area contributed by atoms with Gasteiger partial charge in [0.15, 0.2) is 11.6 Å². The highest BCUT2D eigenvalue weighted by molar-refractivity contribution is 7.09. The van der Waals surface area contributed by atoms with Crippen LogP contribution in [-0.2, 0) is 13.0 Å². The summed E-state index contributed by atoms with van der Waals surface area (Å²) in [5.41, 5.74) is 0. The zero-order valence-electron chi connectivity index (χ0n) is 11.9. The molecule has 5 heteroatoms. The van der Waals surface area contributed by atoms with Gasteiger partial charge in [-0.15, -0.1) is 11.3 Å². The molecule has 0 aliphatic rings.